The summed E-state index contributed by atoms with van der Waals surface area (Å²) in [6.07, 6.45) is 4.67. The molecule has 68 valence electrons. The Balaban J connectivity index is 2.81. The zero-order chi connectivity index (χ0) is 8.97. The Labute approximate surface area is 80.1 Å². The summed E-state index contributed by atoms with van der Waals surface area (Å²) in [6.45, 7) is 3.62. The third-order valence-electron chi connectivity index (χ3n) is 1.71. The van der Waals surface area contributed by atoms with Crippen LogP contribution in [-0.2, 0) is 13.1 Å². The Bertz CT molecular complexity index is 263. The maximum absolute atomic E-state index is 11.5. The average molecular weight is 233 g/mol. The summed E-state index contributed by atoms with van der Waals surface area (Å²) in [7, 11) is 0. The molecule has 3 nitrogen and oxygen atoms in total. The van der Waals surface area contributed by atoms with Crippen molar-refractivity contribution >= 4 is 15.9 Å². The van der Waals surface area contributed by atoms with Gasteiger partial charge in [0.05, 0.1) is 0 Å². The maximum atomic E-state index is 11.5. The highest BCUT2D eigenvalue weighted by atomic mass is 79.9. The van der Waals surface area contributed by atoms with E-state index >= 15 is 0 Å². The molecule has 0 saturated carbocycles. The number of imidazole rings is 1. The Kier molecular flexibility index (Phi) is 3.59. The minimum Gasteiger partial charge on any atom is -0.299 e. The lowest BCUT2D eigenvalue weighted by Gasteiger charge is -1.97. The highest BCUT2D eigenvalue weighted by molar-refractivity contribution is 9.09. The molecule has 0 aromatic carbocycles. The standard InChI is InChI=1S/C8H13BrN2O/c1-2-4-10-6-7-11(5-3-9)8(10)12/h6-7H,2-5H2,1H3. The van der Waals surface area contributed by atoms with E-state index in [1.54, 1.807) is 9.13 Å². The van der Waals surface area contributed by atoms with Crippen molar-refractivity contribution in [2.75, 3.05) is 5.33 Å². The van der Waals surface area contributed by atoms with Gasteiger partial charge in [-0.15, -0.1) is 0 Å². The first-order chi connectivity index (χ1) is 5.79. The molecule has 4 heteroatoms. The Morgan fingerprint density at radius 1 is 1.33 bits per heavy atom. The van der Waals surface area contributed by atoms with Gasteiger partial charge in [0.2, 0.25) is 0 Å². The molecule has 0 radical (unpaired) electrons. The van der Waals surface area contributed by atoms with Gasteiger partial charge >= 0.3 is 5.69 Å². The van der Waals surface area contributed by atoms with E-state index in [9.17, 15) is 4.79 Å². The van der Waals surface area contributed by atoms with E-state index in [2.05, 4.69) is 22.9 Å². The predicted molar refractivity (Wildman–Crippen MR) is 52.8 cm³/mol. The summed E-state index contributed by atoms with van der Waals surface area (Å²) in [5.74, 6) is 0. The van der Waals surface area contributed by atoms with Gasteiger partial charge in [0.15, 0.2) is 0 Å². The predicted octanol–water partition coefficient (Wildman–Crippen LogP) is 1.45. The molecule has 0 unspecified atom stereocenters. The van der Waals surface area contributed by atoms with E-state index in [1.165, 1.54) is 0 Å². The van der Waals surface area contributed by atoms with Gasteiger partial charge in [-0.3, -0.25) is 9.13 Å². The van der Waals surface area contributed by atoms with Gasteiger partial charge in [-0.25, -0.2) is 4.79 Å². The first-order valence-corrected chi connectivity index (χ1v) is 5.23. The molecule has 12 heavy (non-hydrogen) atoms. The van der Waals surface area contributed by atoms with E-state index in [0.717, 1.165) is 24.8 Å². The largest absolute Gasteiger partial charge is 0.328 e. The van der Waals surface area contributed by atoms with Gasteiger partial charge in [-0.1, -0.05) is 22.9 Å². The van der Waals surface area contributed by atoms with Crippen LogP contribution in [0.3, 0.4) is 0 Å². The Morgan fingerprint density at radius 2 is 1.92 bits per heavy atom. The minimum absolute atomic E-state index is 0.0938. The zero-order valence-electron chi connectivity index (χ0n) is 7.16. The number of aryl methyl sites for hydroxylation is 2. The molecule has 0 amide bonds. The van der Waals surface area contributed by atoms with Gasteiger partial charge in [0.25, 0.3) is 0 Å². The fourth-order valence-electron chi connectivity index (χ4n) is 1.13. The third-order valence-corrected chi connectivity index (χ3v) is 2.06. The summed E-state index contributed by atoms with van der Waals surface area (Å²) < 4.78 is 3.45. The fourth-order valence-corrected chi connectivity index (χ4v) is 1.51. The smallest absolute Gasteiger partial charge is 0.299 e. The quantitative estimate of drug-likeness (QED) is 0.723. The molecule has 0 fully saturated rings. The molecule has 0 spiro atoms. The fraction of sp³-hybridized carbons (Fsp3) is 0.625. The van der Waals surface area contributed by atoms with Crippen molar-refractivity contribution in [1.29, 1.82) is 0 Å². The molecule has 1 aromatic heterocycles. The SMILES string of the molecule is CCCn1ccn(CCBr)c1=O. The summed E-state index contributed by atoms with van der Waals surface area (Å²) >= 11 is 3.30. The number of aromatic nitrogens is 2. The molecule has 1 heterocycles. The van der Waals surface area contributed by atoms with E-state index in [-0.39, 0.29) is 5.69 Å². The Hall–Kier alpha value is -0.510. The highest BCUT2D eigenvalue weighted by Crippen LogP contribution is 1.90. The number of hydrogen-bond acceptors (Lipinski definition) is 1. The van der Waals surface area contributed by atoms with Crippen LogP contribution in [0.2, 0.25) is 0 Å². The van der Waals surface area contributed by atoms with Crippen molar-refractivity contribution in [2.24, 2.45) is 0 Å². The van der Waals surface area contributed by atoms with Gasteiger partial charge in [-0.05, 0) is 6.42 Å². The number of halogens is 1. The molecule has 0 N–H and O–H groups in total. The summed E-state index contributed by atoms with van der Waals surface area (Å²) in [5, 5.41) is 0.822. The van der Waals surface area contributed by atoms with Crippen LogP contribution in [0.15, 0.2) is 17.2 Å². The summed E-state index contributed by atoms with van der Waals surface area (Å²) in [4.78, 5) is 11.5. The third kappa shape index (κ3) is 2.00. The van der Waals surface area contributed by atoms with Gasteiger partial charge in [0, 0.05) is 30.8 Å². The molecule has 0 saturated heterocycles. The lowest BCUT2D eigenvalue weighted by atomic mass is 10.5. The van der Waals surface area contributed by atoms with Crippen molar-refractivity contribution < 1.29 is 0 Å². The van der Waals surface area contributed by atoms with Crippen LogP contribution in [0.4, 0.5) is 0 Å². The first kappa shape index (κ1) is 9.58. The first-order valence-electron chi connectivity index (χ1n) is 4.11. The minimum atomic E-state index is 0.0938. The average Bonchev–Trinajstić information content (AvgIpc) is 2.38. The van der Waals surface area contributed by atoms with E-state index in [0.29, 0.717) is 0 Å². The Morgan fingerprint density at radius 3 is 2.42 bits per heavy atom. The zero-order valence-corrected chi connectivity index (χ0v) is 8.75. The van der Waals surface area contributed by atoms with E-state index in [4.69, 9.17) is 0 Å². The van der Waals surface area contributed by atoms with Crippen LogP contribution in [0, 0.1) is 0 Å². The summed E-state index contributed by atoms with van der Waals surface area (Å²) in [6, 6.07) is 0. The number of hydrogen-bond donors (Lipinski definition) is 0. The van der Waals surface area contributed by atoms with Crippen molar-refractivity contribution in [3.63, 3.8) is 0 Å². The molecule has 0 aliphatic carbocycles. The van der Waals surface area contributed by atoms with Crippen LogP contribution in [-0.4, -0.2) is 14.5 Å². The molecule has 0 aliphatic heterocycles. The lowest BCUT2D eigenvalue weighted by Crippen LogP contribution is -2.24. The second kappa shape index (κ2) is 4.50. The molecule has 0 aliphatic rings. The molecule has 0 bridgehead atoms. The maximum Gasteiger partial charge on any atom is 0.328 e. The van der Waals surface area contributed by atoms with Crippen LogP contribution >= 0.6 is 15.9 Å². The van der Waals surface area contributed by atoms with Gasteiger partial charge in [0.1, 0.15) is 0 Å². The molecular weight excluding hydrogens is 220 g/mol. The number of alkyl halides is 1. The van der Waals surface area contributed by atoms with Gasteiger partial charge in [-0.2, -0.15) is 0 Å². The molecule has 0 atom stereocenters. The number of rotatable bonds is 4. The monoisotopic (exact) mass is 232 g/mol. The second-order valence-corrected chi connectivity index (χ2v) is 3.45. The van der Waals surface area contributed by atoms with Crippen molar-refractivity contribution in [1.82, 2.24) is 9.13 Å². The molecule has 1 aromatic rings. The number of nitrogens with zero attached hydrogens (tertiary/aromatic N) is 2. The normalized spacial score (nSPS) is 10.5. The molecular formula is C8H13BrN2O. The highest BCUT2D eigenvalue weighted by Gasteiger charge is 1.99. The summed E-state index contributed by atoms with van der Waals surface area (Å²) in [5.41, 5.74) is 0.0938. The van der Waals surface area contributed by atoms with Crippen molar-refractivity contribution in [2.45, 2.75) is 26.4 Å². The van der Waals surface area contributed by atoms with E-state index < -0.39 is 0 Å². The molecule has 1 rings (SSSR count). The van der Waals surface area contributed by atoms with Gasteiger partial charge < -0.3 is 0 Å². The van der Waals surface area contributed by atoms with Crippen LogP contribution < -0.4 is 5.69 Å². The van der Waals surface area contributed by atoms with Crippen molar-refractivity contribution in [3.8, 4) is 0 Å². The van der Waals surface area contributed by atoms with E-state index in [1.807, 2.05) is 12.4 Å². The van der Waals surface area contributed by atoms with Crippen molar-refractivity contribution in [3.05, 3.63) is 22.9 Å². The second-order valence-electron chi connectivity index (χ2n) is 2.66. The van der Waals surface area contributed by atoms with Crippen LogP contribution in [0.1, 0.15) is 13.3 Å². The topological polar surface area (TPSA) is 26.9 Å². The lowest BCUT2D eigenvalue weighted by molar-refractivity contribution is 0.619. The van der Waals surface area contributed by atoms with Crippen LogP contribution in [0.5, 0.6) is 0 Å². The van der Waals surface area contributed by atoms with Crippen LogP contribution in [0.25, 0.3) is 0 Å².